The highest BCUT2D eigenvalue weighted by atomic mass is 16.6. The van der Waals surface area contributed by atoms with E-state index in [1.807, 2.05) is 0 Å². The molecule has 5 heteroatoms. The minimum Gasteiger partial charge on any atom is -0.475 e. The molecule has 0 aromatic heterocycles. The van der Waals surface area contributed by atoms with Crippen molar-refractivity contribution in [2.75, 3.05) is 13.7 Å². The lowest BCUT2D eigenvalue weighted by atomic mass is 10.2. The van der Waals surface area contributed by atoms with Gasteiger partial charge in [0.1, 0.15) is 12.4 Å². The van der Waals surface area contributed by atoms with E-state index in [-0.39, 0.29) is 6.61 Å². The van der Waals surface area contributed by atoms with Crippen molar-refractivity contribution in [2.24, 2.45) is 0 Å². The Bertz CT molecular complexity index is 426. The third-order valence-corrected chi connectivity index (χ3v) is 2.18. The minimum absolute atomic E-state index is 0.145. The molecule has 0 saturated carbocycles. The fourth-order valence-electron chi connectivity index (χ4n) is 1.38. The van der Waals surface area contributed by atoms with Crippen LogP contribution < -0.4 is 4.74 Å². The highest BCUT2D eigenvalue weighted by molar-refractivity contribution is 5.90. The van der Waals surface area contributed by atoms with Crippen molar-refractivity contribution in [3.8, 4) is 5.75 Å². The van der Waals surface area contributed by atoms with Gasteiger partial charge in [-0.15, -0.1) is 0 Å². The van der Waals surface area contributed by atoms with Crippen molar-refractivity contribution in [1.29, 1.82) is 0 Å². The minimum atomic E-state index is -0.913. The summed E-state index contributed by atoms with van der Waals surface area (Å²) >= 11 is 0. The molecule has 1 atom stereocenters. The van der Waals surface area contributed by atoms with Crippen LogP contribution in [-0.2, 0) is 14.3 Å². The van der Waals surface area contributed by atoms with Crippen LogP contribution >= 0.6 is 0 Å². The maximum atomic E-state index is 11.5. The number of fused-ring (bicyclic) bond motifs is 2. The van der Waals surface area contributed by atoms with Gasteiger partial charge in [0.2, 0.25) is 6.10 Å². The maximum Gasteiger partial charge on any atom is 0.350 e. The summed E-state index contributed by atoms with van der Waals surface area (Å²) in [7, 11) is 1.25. The molecule has 1 aliphatic rings. The first-order valence-corrected chi connectivity index (χ1v) is 4.72. The van der Waals surface area contributed by atoms with Gasteiger partial charge in [-0.1, -0.05) is 6.07 Å². The normalized spacial score (nSPS) is 18.8. The molecular formula is C11H10O5. The number of carbonyl (C=O) groups is 2. The fraction of sp³-hybridized carbons (Fsp3) is 0.273. The molecule has 0 aliphatic carbocycles. The van der Waals surface area contributed by atoms with Gasteiger partial charge >= 0.3 is 11.9 Å². The van der Waals surface area contributed by atoms with Crippen LogP contribution in [-0.4, -0.2) is 31.8 Å². The van der Waals surface area contributed by atoms with E-state index >= 15 is 0 Å². The molecule has 1 heterocycles. The zero-order valence-electron chi connectivity index (χ0n) is 8.64. The number of cyclic esters (lactones) is 1. The number of rotatable bonds is 1. The summed E-state index contributed by atoms with van der Waals surface area (Å²) in [5.74, 6) is -0.594. The highest BCUT2D eigenvalue weighted by Gasteiger charge is 2.26. The quantitative estimate of drug-likeness (QED) is 0.657. The zero-order chi connectivity index (χ0) is 11.5. The molecule has 0 N–H and O–H groups in total. The van der Waals surface area contributed by atoms with Crippen LogP contribution in [0.1, 0.15) is 10.4 Å². The Morgan fingerprint density at radius 2 is 2.31 bits per heavy atom. The van der Waals surface area contributed by atoms with Gasteiger partial charge in [-0.05, 0) is 18.2 Å². The summed E-state index contributed by atoms with van der Waals surface area (Å²) < 4.78 is 14.8. The molecule has 2 bridgehead atoms. The van der Waals surface area contributed by atoms with E-state index in [1.165, 1.54) is 13.2 Å². The van der Waals surface area contributed by atoms with E-state index in [0.29, 0.717) is 11.3 Å². The molecule has 16 heavy (non-hydrogen) atoms. The van der Waals surface area contributed by atoms with Crippen LogP contribution in [0.5, 0.6) is 5.75 Å². The standard InChI is InChI=1S/C11H10O5/c1-14-11(13)9-6-15-10(12)7-3-2-4-8(5-7)16-9/h2-5,9H,6H2,1H3. The van der Waals surface area contributed by atoms with Gasteiger partial charge in [-0.3, -0.25) is 0 Å². The number of hydrogen-bond acceptors (Lipinski definition) is 5. The third kappa shape index (κ3) is 1.98. The van der Waals surface area contributed by atoms with Gasteiger partial charge in [0.05, 0.1) is 12.7 Å². The summed E-state index contributed by atoms with van der Waals surface area (Å²) in [6, 6.07) is 6.47. The van der Waals surface area contributed by atoms with Gasteiger partial charge in [0, 0.05) is 0 Å². The SMILES string of the molecule is COC(=O)C1COC(=O)c2cccc(c2)O1. The Morgan fingerprint density at radius 1 is 1.50 bits per heavy atom. The maximum absolute atomic E-state index is 11.5. The Hall–Kier alpha value is -2.04. The van der Waals surface area contributed by atoms with E-state index in [9.17, 15) is 9.59 Å². The molecule has 1 aliphatic heterocycles. The molecule has 1 unspecified atom stereocenters. The molecule has 84 valence electrons. The van der Waals surface area contributed by atoms with E-state index in [1.54, 1.807) is 18.2 Å². The van der Waals surface area contributed by atoms with Gasteiger partial charge in [-0.2, -0.15) is 0 Å². The first-order valence-electron chi connectivity index (χ1n) is 4.72. The van der Waals surface area contributed by atoms with Gasteiger partial charge in [0.25, 0.3) is 0 Å². The second-order valence-electron chi connectivity index (χ2n) is 3.26. The molecule has 1 aromatic rings. The van der Waals surface area contributed by atoms with Crippen molar-refractivity contribution < 1.29 is 23.8 Å². The van der Waals surface area contributed by atoms with E-state index in [2.05, 4.69) is 4.74 Å². The largest absolute Gasteiger partial charge is 0.475 e. The van der Waals surface area contributed by atoms with Crippen molar-refractivity contribution >= 4 is 11.9 Å². The van der Waals surface area contributed by atoms with Crippen molar-refractivity contribution in [3.63, 3.8) is 0 Å². The summed E-state index contributed by atoms with van der Waals surface area (Å²) in [6.07, 6.45) is -0.913. The van der Waals surface area contributed by atoms with Crippen molar-refractivity contribution in [1.82, 2.24) is 0 Å². The third-order valence-electron chi connectivity index (χ3n) is 2.18. The first-order chi connectivity index (χ1) is 7.70. The number of hydrogen-bond donors (Lipinski definition) is 0. The fourth-order valence-corrected chi connectivity index (χ4v) is 1.38. The second-order valence-corrected chi connectivity index (χ2v) is 3.26. The molecule has 1 aromatic carbocycles. The summed E-state index contributed by atoms with van der Waals surface area (Å²) in [5.41, 5.74) is 0.404. The number of esters is 2. The molecule has 0 saturated heterocycles. The Kier molecular flexibility index (Phi) is 2.76. The Balaban J connectivity index is 2.29. The summed E-state index contributed by atoms with van der Waals surface area (Å²) in [5, 5.41) is 0. The second kappa shape index (κ2) is 4.22. The lowest BCUT2D eigenvalue weighted by Gasteiger charge is -2.19. The van der Waals surface area contributed by atoms with E-state index in [0.717, 1.165) is 0 Å². The molecular weight excluding hydrogens is 212 g/mol. The van der Waals surface area contributed by atoms with Gasteiger partial charge < -0.3 is 14.2 Å². The first kappa shape index (κ1) is 10.5. The molecule has 5 nitrogen and oxygen atoms in total. The van der Waals surface area contributed by atoms with Crippen LogP contribution in [0.25, 0.3) is 0 Å². The van der Waals surface area contributed by atoms with E-state index in [4.69, 9.17) is 9.47 Å². The average molecular weight is 222 g/mol. The lowest BCUT2D eigenvalue weighted by molar-refractivity contribution is -0.150. The van der Waals surface area contributed by atoms with E-state index < -0.39 is 18.0 Å². The lowest BCUT2D eigenvalue weighted by Crippen LogP contribution is -2.35. The van der Waals surface area contributed by atoms with Crippen LogP contribution in [0.15, 0.2) is 24.3 Å². The molecule has 0 amide bonds. The van der Waals surface area contributed by atoms with Crippen molar-refractivity contribution in [2.45, 2.75) is 6.10 Å². The summed E-state index contributed by atoms with van der Waals surface area (Å²) in [4.78, 5) is 22.8. The van der Waals surface area contributed by atoms with Crippen LogP contribution in [0.2, 0.25) is 0 Å². The predicted octanol–water partition coefficient (Wildman–Crippen LogP) is 0.777. The monoisotopic (exact) mass is 222 g/mol. The molecule has 0 radical (unpaired) electrons. The Morgan fingerprint density at radius 3 is 3.06 bits per heavy atom. The average Bonchev–Trinajstić information content (AvgIpc) is 2.32. The smallest absolute Gasteiger partial charge is 0.350 e. The van der Waals surface area contributed by atoms with Crippen LogP contribution in [0, 0.1) is 0 Å². The Labute approximate surface area is 91.9 Å². The number of carbonyl (C=O) groups excluding carboxylic acids is 2. The zero-order valence-corrected chi connectivity index (χ0v) is 8.64. The van der Waals surface area contributed by atoms with Crippen LogP contribution in [0.3, 0.4) is 0 Å². The summed E-state index contributed by atoms with van der Waals surface area (Å²) in [6.45, 7) is -0.145. The number of ether oxygens (including phenoxy) is 3. The molecule has 0 spiro atoms. The topological polar surface area (TPSA) is 61.8 Å². The number of methoxy groups -OCH3 is 1. The highest BCUT2D eigenvalue weighted by Crippen LogP contribution is 2.19. The van der Waals surface area contributed by atoms with Gasteiger partial charge in [0.15, 0.2) is 0 Å². The van der Waals surface area contributed by atoms with Crippen LogP contribution in [0.4, 0.5) is 0 Å². The molecule has 2 rings (SSSR count). The number of benzene rings is 1. The molecule has 0 fully saturated rings. The predicted molar refractivity (Wildman–Crippen MR) is 53.2 cm³/mol. The van der Waals surface area contributed by atoms with Gasteiger partial charge in [-0.25, -0.2) is 9.59 Å². The van der Waals surface area contributed by atoms with Crippen molar-refractivity contribution in [3.05, 3.63) is 29.8 Å².